The zero-order valence-corrected chi connectivity index (χ0v) is 12.1. The van der Waals surface area contributed by atoms with Crippen LogP contribution >= 0.6 is 11.6 Å². The summed E-state index contributed by atoms with van der Waals surface area (Å²) in [5.41, 5.74) is 2.20. The Morgan fingerprint density at radius 3 is 2.71 bits per heavy atom. The molecule has 3 rings (SSSR count). The van der Waals surface area contributed by atoms with Crippen LogP contribution < -0.4 is 4.74 Å². The Morgan fingerprint density at radius 1 is 1.24 bits per heavy atom. The molecule has 4 nitrogen and oxygen atoms in total. The smallest absolute Gasteiger partial charge is 0.147 e. The van der Waals surface area contributed by atoms with E-state index in [0.717, 1.165) is 17.1 Å². The number of hydrogen-bond donors (Lipinski definition) is 0. The summed E-state index contributed by atoms with van der Waals surface area (Å²) in [6.45, 7) is 0.331. The van der Waals surface area contributed by atoms with E-state index in [9.17, 15) is 0 Å². The maximum atomic E-state index is 9.13. The van der Waals surface area contributed by atoms with Crippen LogP contribution in [0.3, 0.4) is 0 Å². The summed E-state index contributed by atoms with van der Waals surface area (Å²) in [5, 5.41) is 9.80. The summed E-state index contributed by atoms with van der Waals surface area (Å²) in [7, 11) is 1.91. The van der Waals surface area contributed by atoms with Gasteiger partial charge in [0.05, 0.1) is 11.1 Å². The highest BCUT2D eigenvalue weighted by molar-refractivity contribution is 6.30. The van der Waals surface area contributed by atoms with E-state index >= 15 is 0 Å². The van der Waals surface area contributed by atoms with Gasteiger partial charge in [-0.25, -0.2) is 4.98 Å². The van der Waals surface area contributed by atoms with Gasteiger partial charge in [-0.3, -0.25) is 0 Å². The second-order valence-electron chi connectivity index (χ2n) is 4.61. The Labute approximate surface area is 127 Å². The summed E-state index contributed by atoms with van der Waals surface area (Å²) >= 11 is 5.84. The van der Waals surface area contributed by atoms with Crippen LogP contribution in [0.5, 0.6) is 5.75 Å². The van der Waals surface area contributed by atoms with E-state index in [4.69, 9.17) is 21.6 Å². The third kappa shape index (κ3) is 2.56. The van der Waals surface area contributed by atoms with Crippen molar-refractivity contribution in [2.24, 2.45) is 7.05 Å². The van der Waals surface area contributed by atoms with E-state index in [1.54, 1.807) is 18.2 Å². The number of aromatic nitrogens is 2. The minimum atomic E-state index is 0.331. The predicted molar refractivity (Wildman–Crippen MR) is 81.2 cm³/mol. The van der Waals surface area contributed by atoms with E-state index in [1.807, 2.05) is 35.9 Å². The molecule has 3 aromatic rings. The Morgan fingerprint density at radius 2 is 2.00 bits per heavy atom. The van der Waals surface area contributed by atoms with Gasteiger partial charge >= 0.3 is 0 Å². The second-order valence-corrected chi connectivity index (χ2v) is 5.05. The molecule has 1 heterocycles. The summed E-state index contributed by atoms with van der Waals surface area (Å²) in [4.78, 5) is 4.51. The SMILES string of the molecule is Cn1c(COc2ccc(Cl)cc2)nc2c(C#N)cccc21. The van der Waals surface area contributed by atoms with Gasteiger partial charge in [0.25, 0.3) is 0 Å². The van der Waals surface area contributed by atoms with E-state index in [0.29, 0.717) is 22.7 Å². The number of fused-ring (bicyclic) bond motifs is 1. The van der Waals surface area contributed by atoms with Crippen LogP contribution in [0.4, 0.5) is 0 Å². The van der Waals surface area contributed by atoms with E-state index in [1.165, 1.54) is 0 Å². The fourth-order valence-corrected chi connectivity index (χ4v) is 2.29. The van der Waals surface area contributed by atoms with E-state index < -0.39 is 0 Å². The van der Waals surface area contributed by atoms with Crippen LogP contribution in [0.15, 0.2) is 42.5 Å². The lowest BCUT2D eigenvalue weighted by atomic mass is 10.2. The number of hydrogen-bond acceptors (Lipinski definition) is 3. The summed E-state index contributed by atoms with van der Waals surface area (Å²) < 4.78 is 7.64. The molecule has 0 radical (unpaired) electrons. The van der Waals surface area contributed by atoms with Gasteiger partial charge in [0.1, 0.15) is 29.8 Å². The molecule has 0 unspecified atom stereocenters. The van der Waals surface area contributed by atoms with Crippen molar-refractivity contribution in [2.45, 2.75) is 6.61 Å². The molecule has 1 aromatic heterocycles. The summed E-state index contributed by atoms with van der Waals surface area (Å²) in [5.74, 6) is 1.50. The molecule has 0 aliphatic carbocycles. The van der Waals surface area contributed by atoms with E-state index in [2.05, 4.69) is 11.1 Å². The molecule has 104 valence electrons. The first kappa shape index (κ1) is 13.5. The molecule has 21 heavy (non-hydrogen) atoms. The van der Waals surface area contributed by atoms with Crippen LogP contribution in [0.25, 0.3) is 11.0 Å². The fourth-order valence-electron chi connectivity index (χ4n) is 2.16. The average molecular weight is 298 g/mol. The predicted octanol–water partition coefficient (Wildman–Crippen LogP) is 3.68. The van der Waals surface area contributed by atoms with Crippen molar-refractivity contribution in [2.75, 3.05) is 0 Å². The average Bonchev–Trinajstić information content (AvgIpc) is 2.83. The monoisotopic (exact) mass is 297 g/mol. The lowest BCUT2D eigenvalue weighted by molar-refractivity contribution is 0.292. The van der Waals surface area contributed by atoms with Crippen molar-refractivity contribution in [1.82, 2.24) is 9.55 Å². The Kier molecular flexibility index (Phi) is 3.51. The first-order chi connectivity index (χ1) is 10.2. The zero-order chi connectivity index (χ0) is 14.8. The van der Waals surface area contributed by atoms with Crippen LogP contribution in [0, 0.1) is 11.3 Å². The highest BCUT2D eigenvalue weighted by atomic mass is 35.5. The zero-order valence-electron chi connectivity index (χ0n) is 11.4. The van der Waals surface area contributed by atoms with Gasteiger partial charge in [0.2, 0.25) is 0 Å². The second kappa shape index (κ2) is 5.47. The molecule has 0 atom stereocenters. The number of nitrogens with zero attached hydrogens (tertiary/aromatic N) is 3. The van der Waals surface area contributed by atoms with Crippen LogP contribution in [-0.2, 0) is 13.7 Å². The Bertz CT molecular complexity index is 831. The Hall–Kier alpha value is -2.51. The fraction of sp³-hybridized carbons (Fsp3) is 0.125. The topological polar surface area (TPSA) is 50.8 Å². The molecule has 0 fully saturated rings. The quantitative estimate of drug-likeness (QED) is 0.741. The van der Waals surface area contributed by atoms with Crippen molar-refractivity contribution >= 4 is 22.6 Å². The number of imidazole rings is 1. The first-order valence-corrected chi connectivity index (χ1v) is 6.79. The molecule has 0 aliphatic heterocycles. The van der Waals surface area contributed by atoms with Crippen molar-refractivity contribution in [3.05, 3.63) is 58.9 Å². The first-order valence-electron chi connectivity index (χ1n) is 6.42. The molecular formula is C16H12ClN3O. The molecule has 0 spiro atoms. The van der Waals surface area contributed by atoms with Crippen molar-refractivity contribution in [1.29, 1.82) is 5.26 Å². The summed E-state index contributed by atoms with van der Waals surface area (Å²) in [6, 6.07) is 14.9. The molecule has 0 aliphatic rings. The van der Waals surface area contributed by atoms with Crippen LogP contribution in [0.1, 0.15) is 11.4 Å². The minimum absolute atomic E-state index is 0.331. The Balaban J connectivity index is 1.89. The van der Waals surface area contributed by atoms with Gasteiger partial charge in [0.15, 0.2) is 0 Å². The number of aryl methyl sites for hydroxylation is 1. The molecule has 0 N–H and O–H groups in total. The van der Waals surface area contributed by atoms with Crippen molar-refractivity contribution in [3.63, 3.8) is 0 Å². The normalized spacial score (nSPS) is 10.5. The van der Waals surface area contributed by atoms with E-state index in [-0.39, 0.29) is 0 Å². The van der Waals surface area contributed by atoms with Crippen LogP contribution in [-0.4, -0.2) is 9.55 Å². The van der Waals surface area contributed by atoms with Gasteiger partial charge in [0, 0.05) is 12.1 Å². The molecule has 0 amide bonds. The lowest BCUT2D eigenvalue weighted by Gasteiger charge is -2.06. The summed E-state index contributed by atoms with van der Waals surface area (Å²) in [6.07, 6.45) is 0. The van der Waals surface area contributed by atoms with Gasteiger partial charge in [-0.1, -0.05) is 17.7 Å². The number of benzene rings is 2. The molecular weight excluding hydrogens is 286 g/mol. The highest BCUT2D eigenvalue weighted by Gasteiger charge is 2.11. The maximum Gasteiger partial charge on any atom is 0.147 e. The standard InChI is InChI=1S/C16H12ClN3O/c1-20-14-4-2-3-11(9-18)16(14)19-15(20)10-21-13-7-5-12(17)6-8-13/h2-8H,10H2,1H3. The molecule has 0 saturated carbocycles. The third-order valence-electron chi connectivity index (χ3n) is 3.31. The number of rotatable bonds is 3. The van der Waals surface area contributed by atoms with Gasteiger partial charge in [-0.15, -0.1) is 0 Å². The third-order valence-corrected chi connectivity index (χ3v) is 3.56. The molecule has 0 bridgehead atoms. The largest absolute Gasteiger partial charge is 0.486 e. The molecule has 0 saturated heterocycles. The van der Waals surface area contributed by atoms with Crippen molar-refractivity contribution < 1.29 is 4.74 Å². The van der Waals surface area contributed by atoms with Crippen LogP contribution in [0.2, 0.25) is 5.02 Å². The van der Waals surface area contributed by atoms with Crippen molar-refractivity contribution in [3.8, 4) is 11.8 Å². The molecule has 5 heteroatoms. The minimum Gasteiger partial charge on any atom is -0.486 e. The maximum absolute atomic E-state index is 9.13. The highest BCUT2D eigenvalue weighted by Crippen LogP contribution is 2.21. The number of nitriles is 1. The number of ether oxygens (including phenoxy) is 1. The van der Waals surface area contributed by atoms with Gasteiger partial charge in [-0.2, -0.15) is 5.26 Å². The van der Waals surface area contributed by atoms with Gasteiger partial charge in [-0.05, 0) is 36.4 Å². The molecule has 2 aromatic carbocycles. The van der Waals surface area contributed by atoms with Gasteiger partial charge < -0.3 is 9.30 Å². The number of halogens is 1. The lowest BCUT2D eigenvalue weighted by Crippen LogP contribution is -2.03. The number of para-hydroxylation sites is 1.